The Morgan fingerprint density at radius 1 is 0.750 bits per heavy atom. The second-order valence-electron chi connectivity index (χ2n) is 8.79. The first-order valence-electron chi connectivity index (χ1n) is 12.9. The third-order valence-corrected chi connectivity index (χ3v) is 5.92. The highest BCUT2D eigenvalue weighted by Gasteiger charge is 2.08. The molecule has 0 unspecified atom stereocenters. The maximum absolute atomic E-state index is 11.0. The number of unbranched alkanes of at least 4 members (excludes halogenated alkanes) is 8. The summed E-state index contributed by atoms with van der Waals surface area (Å²) in [6.07, 6.45) is 16.2. The van der Waals surface area contributed by atoms with Gasteiger partial charge in [0.1, 0.15) is 11.5 Å². The second kappa shape index (κ2) is 16.1. The number of benzene rings is 2. The van der Waals surface area contributed by atoms with Gasteiger partial charge in [0.25, 0.3) is 5.69 Å². The summed E-state index contributed by atoms with van der Waals surface area (Å²) in [5, 5.41) is 11.0. The van der Waals surface area contributed by atoms with E-state index in [1.54, 1.807) is 24.5 Å². The van der Waals surface area contributed by atoms with E-state index in [9.17, 15) is 10.1 Å². The maximum atomic E-state index is 11.0. The van der Waals surface area contributed by atoms with E-state index in [4.69, 9.17) is 9.47 Å². The van der Waals surface area contributed by atoms with E-state index in [0.717, 1.165) is 48.5 Å². The molecule has 0 amide bonds. The number of nitro benzene ring substituents is 1. The molecule has 2 aromatic carbocycles. The van der Waals surface area contributed by atoms with Crippen LogP contribution in [0.4, 0.5) is 5.69 Å². The van der Waals surface area contributed by atoms with Gasteiger partial charge in [-0.1, -0.05) is 75.3 Å². The predicted octanol–water partition coefficient (Wildman–Crippen LogP) is 8.09. The van der Waals surface area contributed by atoms with Gasteiger partial charge in [0.15, 0.2) is 0 Å². The number of hydrogen-bond donors (Lipinski definition) is 0. The van der Waals surface area contributed by atoms with Gasteiger partial charge in [-0.2, -0.15) is 0 Å². The van der Waals surface area contributed by atoms with E-state index in [1.165, 1.54) is 50.7 Å². The highest BCUT2D eigenvalue weighted by Crippen LogP contribution is 2.23. The molecule has 0 bridgehead atoms. The first-order chi connectivity index (χ1) is 17.7. The Bertz CT molecular complexity index is 1040. The van der Waals surface area contributed by atoms with Crippen LogP contribution < -0.4 is 4.74 Å². The Kier molecular flexibility index (Phi) is 12.0. The largest absolute Gasteiger partial charge is 0.493 e. The molecular weight excluding hydrogens is 452 g/mol. The molecule has 0 aliphatic carbocycles. The first kappa shape index (κ1) is 26.9. The fraction of sp³-hybridized carbons (Fsp3) is 0.367. The Labute approximate surface area is 214 Å². The van der Waals surface area contributed by atoms with E-state index in [-0.39, 0.29) is 10.6 Å². The third kappa shape index (κ3) is 10.3. The lowest BCUT2D eigenvalue weighted by atomic mass is 10.1. The molecule has 0 atom stereocenters. The summed E-state index contributed by atoms with van der Waals surface area (Å²) in [5.41, 5.74) is 1.96. The minimum absolute atomic E-state index is 0.0797. The summed E-state index contributed by atoms with van der Waals surface area (Å²) in [6.45, 7) is 1.40. The van der Waals surface area contributed by atoms with E-state index >= 15 is 0 Å². The van der Waals surface area contributed by atoms with Crippen LogP contribution in [0, 0.1) is 10.1 Å². The molecule has 0 fully saturated rings. The fourth-order valence-corrected chi connectivity index (χ4v) is 3.90. The minimum Gasteiger partial charge on any atom is -0.493 e. The van der Waals surface area contributed by atoms with E-state index in [2.05, 4.69) is 4.98 Å². The van der Waals surface area contributed by atoms with Crippen molar-refractivity contribution < 1.29 is 14.4 Å². The number of aromatic nitrogens is 1. The molecule has 0 N–H and O–H groups in total. The van der Waals surface area contributed by atoms with Crippen LogP contribution in [0.15, 0.2) is 79.1 Å². The average molecular weight is 489 g/mol. The topological polar surface area (TPSA) is 74.5 Å². The van der Waals surface area contributed by atoms with Gasteiger partial charge >= 0.3 is 0 Å². The number of rotatable bonds is 17. The van der Waals surface area contributed by atoms with Crippen LogP contribution in [0.1, 0.15) is 68.9 Å². The molecule has 0 saturated heterocycles. The quantitative estimate of drug-likeness (QED) is 0.0631. The van der Waals surface area contributed by atoms with Crippen LogP contribution in [0.25, 0.3) is 11.8 Å². The van der Waals surface area contributed by atoms with Crippen molar-refractivity contribution in [3.05, 3.63) is 100 Å². The lowest BCUT2D eigenvalue weighted by molar-refractivity contribution is -0.384. The molecule has 1 heterocycles. The van der Waals surface area contributed by atoms with Crippen LogP contribution in [-0.4, -0.2) is 23.1 Å². The van der Waals surface area contributed by atoms with Crippen molar-refractivity contribution in [1.82, 2.24) is 4.98 Å². The lowest BCUT2D eigenvalue weighted by Crippen LogP contribution is -1.97. The fourth-order valence-electron chi connectivity index (χ4n) is 3.90. The molecule has 0 aliphatic rings. The van der Waals surface area contributed by atoms with Crippen molar-refractivity contribution in [2.24, 2.45) is 0 Å². The standard InChI is InChI=1S/C30H36N2O4/c33-32(34)28-17-15-27(16-18-28)30(25-26-13-9-8-10-14-26)36-24-12-7-5-3-1-2-4-6-11-23-35-29-19-21-31-22-20-29/h8-10,13-22,25H,1-7,11-12,23-24H2. The van der Waals surface area contributed by atoms with Crippen molar-refractivity contribution in [2.75, 3.05) is 13.2 Å². The highest BCUT2D eigenvalue weighted by atomic mass is 16.6. The van der Waals surface area contributed by atoms with Crippen molar-refractivity contribution in [1.29, 1.82) is 0 Å². The molecule has 0 spiro atoms. The number of pyridine rings is 1. The van der Waals surface area contributed by atoms with Gasteiger partial charge in [-0.25, -0.2) is 0 Å². The van der Waals surface area contributed by atoms with Gasteiger partial charge in [-0.05, 0) is 48.7 Å². The van der Waals surface area contributed by atoms with Crippen LogP contribution in [0.2, 0.25) is 0 Å². The van der Waals surface area contributed by atoms with Crippen LogP contribution >= 0.6 is 0 Å². The molecule has 0 radical (unpaired) electrons. The van der Waals surface area contributed by atoms with Gasteiger partial charge < -0.3 is 9.47 Å². The summed E-state index contributed by atoms with van der Waals surface area (Å²) in [7, 11) is 0. The van der Waals surface area contributed by atoms with Crippen LogP contribution in [0.5, 0.6) is 5.75 Å². The molecule has 0 saturated carbocycles. The number of nitrogens with zero attached hydrogens (tertiary/aromatic N) is 2. The number of nitro groups is 1. The third-order valence-electron chi connectivity index (χ3n) is 5.92. The number of non-ortho nitro benzene ring substituents is 1. The summed E-state index contributed by atoms with van der Waals surface area (Å²) >= 11 is 0. The van der Waals surface area contributed by atoms with Crippen LogP contribution in [0.3, 0.4) is 0 Å². The van der Waals surface area contributed by atoms with Gasteiger partial charge in [-0.15, -0.1) is 0 Å². The smallest absolute Gasteiger partial charge is 0.269 e. The molecule has 0 aliphatic heterocycles. The Morgan fingerprint density at radius 2 is 1.33 bits per heavy atom. The molecular formula is C30H36N2O4. The summed E-state index contributed by atoms with van der Waals surface area (Å²) in [4.78, 5) is 14.6. The monoisotopic (exact) mass is 488 g/mol. The normalized spacial score (nSPS) is 11.3. The van der Waals surface area contributed by atoms with Crippen molar-refractivity contribution in [2.45, 2.75) is 57.8 Å². The van der Waals surface area contributed by atoms with Crippen molar-refractivity contribution in [3.63, 3.8) is 0 Å². The first-order valence-corrected chi connectivity index (χ1v) is 12.9. The van der Waals surface area contributed by atoms with Crippen molar-refractivity contribution >= 4 is 17.5 Å². The highest BCUT2D eigenvalue weighted by molar-refractivity contribution is 5.77. The van der Waals surface area contributed by atoms with Crippen molar-refractivity contribution in [3.8, 4) is 5.75 Å². The Morgan fingerprint density at radius 3 is 1.94 bits per heavy atom. The number of ether oxygens (including phenoxy) is 2. The van der Waals surface area contributed by atoms with E-state index in [0.29, 0.717) is 6.61 Å². The van der Waals surface area contributed by atoms with Crippen LogP contribution in [-0.2, 0) is 4.74 Å². The molecule has 190 valence electrons. The second-order valence-corrected chi connectivity index (χ2v) is 8.79. The van der Waals surface area contributed by atoms with E-state index in [1.807, 2.05) is 48.5 Å². The Hall–Kier alpha value is -3.67. The van der Waals surface area contributed by atoms with Gasteiger partial charge in [0.2, 0.25) is 0 Å². The summed E-state index contributed by atoms with van der Waals surface area (Å²) < 4.78 is 11.8. The zero-order chi connectivity index (χ0) is 25.3. The summed E-state index contributed by atoms with van der Waals surface area (Å²) in [5.74, 6) is 1.63. The number of hydrogen-bond acceptors (Lipinski definition) is 5. The predicted molar refractivity (Wildman–Crippen MR) is 145 cm³/mol. The molecule has 3 aromatic rings. The molecule has 6 heteroatoms. The minimum atomic E-state index is -0.385. The van der Waals surface area contributed by atoms with Gasteiger partial charge in [0.05, 0.1) is 18.1 Å². The molecule has 6 nitrogen and oxygen atoms in total. The molecule has 1 aromatic heterocycles. The maximum Gasteiger partial charge on any atom is 0.269 e. The lowest BCUT2D eigenvalue weighted by Gasteiger charge is -2.11. The van der Waals surface area contributed by atoms with Gasteiger partial charge in [-0.3, -0.25) is 15.1 Å². The zero-order valence-electron chi connectivity index (χ0n) is 20.9. The zero-order valence-corrected chi connectivity index (χ0v) is 20.9. The summed E-state index contributed by atoms with van der Waals surface area (Å²) in [6, 6.07) is 20.3. The molecule has 3 rings (SSSR count). The average Bonchev–Trinajstić information content (AvgIpc) is 2.92. The molecule has 36 heavy (non-hydrogen) atoms. The Balaban J connectivity index is 1.28. The SMILES string of the molecule is O=[N+]([O-])c1ccc(C(=Cc2ccccc2)OCCCCCCCCCCCOc2ccncc2)cc1. The van der Waals surface area contributed by atoms with E-state index < -0.39 is 0 Å². The van der Waals surface area contributed by atoms with Gasteiger partial charge in [0, 0.05) is 30.1 Å².